The predicted octanol–water partition coefficient (Wildman–Crippen LogP) is 2.80. The molecular weight excluding hydrogens is 248 g/mol. The van der Waals surface area contributed by atoms with Gasteiger partial charge in [-0.05, 0) is 61.3 Å². The van der Waals surface area contributed by atoms with Crippen LogP contribution in [0, 0.1) is 19.3 Å². The number of fused-ring (bicyclic) bond motifs is 1. The summed E-state index contributed by atoms with van der Waals surface area (Å²) in [5.74, 6) is 1.03. The van der Waals surface area contributed by atoms with Crippen LogP contribution < -0.4 is 15.4 Å². The minimum atomic E-state index is 0.509. The van der Waals surface area contributed by atoms with E-state index in [1.165, 1.54) is 54.6 Å². The summed E-state index contributed by atoms with van der Waals surface area (Å²) in [4.78, 5) is 2.53. The maximum atomic E-state index is 5.84. The summed E-state index contributed by atoms with van der Waals surface area (Å²) in [7, 11) is 1.77. The smallest absolute Gasteiger partial charge is 0.122 e. The summed E-state index contributed by atoms with van der Waals surface area (Å²) in [6.45, 7) is 7.24. The number of hydrogen-bond donors (Lipinski definition) is 1. The van der Waals surface area contributed by atoms with Crippen molar-refractivity contribution in [2.24, 2.45) is 11.1 Å². The normalized spacial score (nSPS) is 19.7. The largest absolute Gasteiger partial charge is 0.496 e. The lowest BCUT2D eigenvalue weighted by Crippen LogP contribution is -2.49. The average molecular weight is 274 g/mol. The summed E-state index contributed by atoms with van der Waals surface area (Å²) in [6, 6.07) is 2.26. The van der Waals surface area contributed by atoms with Crippen LogP contribution in [0.4, 0.5) is 5.69 Å². The topological polar surface area (TPSA) is 38.5 Å². The van der Waals surface area contributed by atoms with Crippen molar-refractivity contribution in [2.75, 3.05) is 31.6 Å². The Bertz CT molecular complexity index is 520. The molecule has 0 atom stereocenters. The van der Waals surface area contributed by atoms with Crippen LogP contribution in [-0.2, 0) is 6.42 Å². The number of ether oxygens (including phenoxy) is 1. The van der Waals surface area contributed by atoms with Crippen LogP contribution >= 0.6 is 0 Å². The van der Waals surface area contributed by atoms with Gasteiger partial charge >= 0.3 is 0 Å². The van der Waals surface area contributed by atoms with Crippen molar-refractivity contribution in [3.8, 4) is 5.75 Å². The SMILES string of the molecule is COc1cc2c(c(C)c1C)N(CCN)CC1(CCC1)C2. The second-order valence-corrected chi connectivity index (χ2v) is 6.58. The fourth-order valence-corrected chi connectivity index (χ4v) is 4.03. The van der Waals surface area contributed by atoms with Gasteiger partial charge in [-0.15, -0.1) is 0 Å². The maximum absolute atomic E-state index is 5.84. The molecule has 1 fully saturated rings. The molecule has 0 radical (unpaired) electrons. The summed E-state index contributed by atoms with van der Waals surface area (Å²) in [6.07, 6.45) is 5.32. The Kier molecular flexibility index (Phi) is 3.41. The number of nitrogens with two attached hydrogens (primary N) is 1. The van der Waals surface area contributed by atoms with Crippen molar-refractivity contribution in [3.05, 3.63) is 22.8 Å². The molecule has 2 N–H and O–H groups in total. The van der Waals surface area contributed by atoms with Crippen LogP contribution in [0.15, 0.2) is 6.07 Å². The van der Waals surface area contributed by atoms with Gasteiger partial charge in [-0.2, -0.15) is 0 Å². The highest BCUT2D eigenvalue weighted by atomic mass is 16.5. The molecule has 3 rings (SSSR count). The third-order valence-corrected chi connectivity index (χ3v) is 5.34. The molecule has 2 aliphatic rings. The monoisotopic (exact) mass is 274 g/mol. The van der Waals surface area contributed by atoms with Crippen molar-refractivity contribution in [1.82, 2.24) is 0 Å². The van der Waals surface area contributed by atoms with Gasteiger partial charge in [0.05, 0.1) is 7.11 Å². The van der Waals surface area contributed by atoms with Crippen LogP contribution in [0.5, 0.6) is 5.75 Å². The third-order valence-electron chi connectivity index (χ3n) is 5.34. The van der Waals surface area contributed by atoms with Crippen molar-refractivity contribution >= 4 is 5.69 Å². The van der Waals surface area contributed by atoms with E-state index in [0.29, 0.717) is 5.41 Å². The zero-order valence-corrected chi connectivity index (χ0v) is 13.0. The van der Waals surface area contributed by atoms with Crippen LogP contribution in [0.1, 0.15) is 36.0 Å². The third kappa shape index (κ3) is 1.99. The van der Waals surface area contributed by atoms with E-state index < -0.39 is 0 Å². The van der Waals surface area contributed by atoms with Crippen LogP contribution in [0.3, 0.4) is 0 Å². The minimum absolute atomic E-state index is 0.509. The van der Waals surface area contributed by atoms with Crippen LogP contribution in [0.2, 0.25) is 0 Å². The quantitative estimate of drug-likeness (QED) is 0.921. The van der Waals surface area contributed by atoms with Crippen molar-refractivity contribution in [2.45, 2.75) is 39.5 Å². The lowest BCUT2D eigenvalue weighted by atomic mass is 9.63. The van der Waals surface area contributed by atoms with Crippen LogP contribution in [-0.4, -0.2) is 26.7 Å². The van der Waals surface area contributed by atoms with E-state index in [1.54, 1.807) is 7.11 Å². The number of nitrogens with zero attached hydrogens (tertiary/aromatic N) is 1. The number of rotatable bonds is 3. The first kappa shape index (κ1) is 13.7. The molecular formula is C17H26N2O. The zero-order chi connectivity index (χ0) is 14.3. The highest BCUT2D eigenvalue weighted by molar-refractivity contribution is 5.67. The standard InChI is InChI=1S/C17H26N2O/c1-12-13(2)16-14(9-15(12)20-3)10-17(5-4-6-17)11-19(16)8-7-18/h9H,4-8,10-11,18H2,1-3H3. The molecule has 3 heteroatoms. The molecule has 1 aliphatic carbocycles. The van der Waals surface area contributed by atoms with Crippen LogP contribution in [0.25, 0.3) is 0 Å². The van der Waals surface area contributed by atoms with E-state index in [9.17, 15) is 0 Å². The Balaban J connectivity index is 2.08. The molecule has 110 valence electrons. The first-order chi connectivity index (χ1) is 9.60. The van der Waals surface area contributed by atoms with Crippen molar-refractivity contribution in [3.63, 3.8) is 0 Å². The Morgan fingerprint density at radius 1 is 1.30 bits per heavy atom. The summed E-state index contributed by atoms with van der Waals surface area (Å²) >= 11 is 0. The number of anilines is 1. The summed E-state index contributed by atoms with van der Waals surface area (Å²) in [5, 5.41) is 0. The fraction of sp³-hybridized carbons (Fsp3) is 0.647. The van der Waals surface area contributed by atoms with Gasteiger partial charge in [-0.3, -0.25) is 0 Å². The first-order valence-electron chi connectivity index (χ1n) is 7.72. The van der Waals surface area contributed by atoms with Crippen molar-refractivity contribution < 1.29 is 4.74 Å². The average Bonchev–Trinajstić information content (AvgIpc) is 2.40. The number of methoxy groups -OCH3 is 1. The molecule has 0 amide bonds. The maximum Gasteiger partial charge on any atom is 0.122 e. The molecule has 1 aromatic carbocycles. The molecule has 1 saturated carbocycles. The Morgan fingerprint density at radius 3 is 2.60 bits per heavy atom. The molecule has 1 aliphatic heterocycles. The Morgan fingerprint density at radius 2 is 2.05 bits per heavy atom. The van der Waals surface area contributed by atoms with Gasteiger partial charge in [0.2, 0.25) is 0 Å². The van der Waals surface area contributed by atoms with E-state index in [-0.39, 0.29) is 0 Å². The lowest BCUT2D eigenvalue weighted by Gasteiger charge is -2.50. The van der Waals surface area contributed by atoms with E-state index in [2.05, 4.69) is 24.8 Å². The molecule has 0 aromatic heterocycles. The Hall–Kier alpha value is -1.22. The first-order valence-corrected chi connectivity index (χ1v) is 7.72. The van der Waals surface area contributed by atoms with E-state index in [1.807, 2.05) is 0 Å². The van der Waals surface area contributed by atoms with Gasteiger partial charge in [-0.1, -0.05) is 6.42 Å². The second kappa shape index (κ2) is 4.96. The second-order valence-electron chi connectivity index (χ2n) is 6.58. The number of hydrogen-bond acceptors (Lipinski definition) is 3. The van der Waals surface area contributed by atoms with Gasteiger partial charge in [-0.25, -0.2) is 0 Å². The zero-order valence-electron chi connectivity index (χ0n) is 13.0. The lowest BCUT2D eigenvalue weighted by molar-refractivity contribution is 0.134. The molecule has 0 unspecified atom stereocenters. The predicted molar refractivity (Wildman–Crippen MR) is 83.7 cm³/mol. The van der Waals surface area contributed by atoms with E-state index in [0.717, 1.165) is 18.8 Å². The van der Waals surface area contributed by atoms with Gasteiger partial charge < -0.3 is 15.4 Å². The summed E-state index contributed by atoms with van der Waals surface area (Å²) in [5.41, 5.74) is 11.9. The molecule has 0 bridgehead atoms. The molecule has 1 spiro atoms. The van der Waals surface area contributed by atoms with E-state index >= 15 is 0 Å². The Labute approximate surface area is 122 Å². The highest BCUT2D eigenvalue weighted by Gasteiger charge is 2.43. The van der Waals surface area contributed by atoms with Gasteiger partial charge in [0.25, 0.3) is 0 Å². The highest BCUT2D eigenvalue weighted by Crippen LogP contribution is 2.51. The van der Waals surface area contributed by atoms with Crippen molar-refractivity contribution in [1.29, 1.82) is 0 Å². The van der Waals surface area contributed by atoms with Gasteiger partial charge in [0.1, 0.15) is 5.75 Å². The molecule has 1 aromatic rings. The van der Waals surface area contributed by atoms with Gasteiger partial charge in [0, 0.05) is 25.3 Å². The van der Waals surface area contributed by atoms with E-state index in [4.69, 9.17) is 10.5 Å². The summed E-state index contributed by atoms with van der Waals surface area (Å²) < 4.78 is 5.56. The molecule has 0 saturated heterocycles. The molecule has 1 heterocycles. The molecule has 3 nitrogen and oxygen atoms in total. The minimum Gasteiger partial charge on any atom is -0.496 e. The fourth-order valence-electron chi connectivity index (χ4n) is 4.03. The van der Waals surface area contributed by atoms with Gasteiger partial charge in [0.15, 0.2) is 0 Å². The number of benzene rings is 1. The molecule has 20 heavy (non-hydrogen) atoms.